The molecule has 2 atom stereocenters. The summed E-state index contributed by atoms with van der Waals surface area (Å²) >= 11 is 0. The Morgan fingerprint density at radius 1 is 1.60 bits per heavy atom. The second-order valence-electron chi connectivity index (χ2n) is 2.31. The molecule has 1 saturated heterocycles. The highest BCUT2D eigenvalue weighted by molar-refractivity contribution is 4.81. The highest BCUT2D eigenvalue weighted by Crippen LogP contribution is 2.28. The summed E-state index contributed by atoms with van der Waals surface area (Å²) in [6.45, 7) is -0.221. The molecule has 0 aromatic rings. The van der Waals surface area contributed by atoms with Crippen LogP contribution in [-0.4, -0.2) is 35.1 Å². The minimum Gasteiger partial charge on any atom is -0.391 e. The van der Waals surface area contributed by atoms with E-state index in [9.17, 15) is 8.78 Å². The number of hydrogen-bond donors (Lipinski definition) is 2. The predicted octanol–water partition coefficient (Wildman–Crippen LogP) is -0.279. The second kappa shape index (κ2) is 2.41. The molecule has 1 fully saturated rings. The zero-order valence-corrected chi connectivity index (χ0v) is 5.13. The van der Waals surface area contributed by atoms with E-state index in [-0.39, 0.29) is 6.61 Å². The van der Waals surface area contributed by atoms with Crippen molar-refractivity contribution in [3.8, 4) is 0 Å². The smallest absolute Gasteiger partial charge is 0.291 e. The van der Waals surface area contributed by atoms with Crippen LogP contribution in [0.2, 0.25) is 0 Å². The van der Waals surface area contributed by atoms with Gasteiger partial charge in [0.15, 0.2) is 0 Å². The molecule has 0 aromatic heterocycles. The topological polar surface area (TPSA) is 49.7 Å². The number of hydrogen-bond acceptors (Lipinski definition) is 3. The van der Waals surface area contributed by atoms with Crippen molar-refractivity contribution >= 4 is 0 Å². The Bertz CT molecular complexity index is 130. The number of alkyl halides is 2. The molecule has 5 heteroatoms. The third-order valence-electron chi connectivity index (χ3n) is 1.39. The predicted molar refractivity (Wildman–Crippen MR) is 27.5 cm³/mol. The summed E-state index contributed by atoms with van der Waals surface area (Å²) in [4.78, 5) is 0. The Labute approximate surface area is 56.2 Å². The Kier molecular flexibility index (Phi) is 1.89. The van der Waals surface area contributed by atoms with Gasteiger partial charge in [0.25, 0.3) is 6.43 Å². The molecule has 3 nitrogen and oxygen atoms in total. The van der Waals surface area contributed by atoms with Crippen molar-refractivity contribution in [2.24, 2.45) is 0 Å². The molecule has 0 saturated carbocycles. The first-order chi connectivity index (χ1) is 4.54. The lowest BCUT2D eigenvalue weighted by atomic mass is 10.2. The van der Waals surface area contributed by atoms with Gasteiger partial charge in [-0.05, 0) is 0 Å². The van der Waals surface area contributed by atoms with Crippen LogP contribution < -0.4 is 0 Å². The zero-order chi connectivity index (χ0) is 7.78. The van der Waals surface area contributed by atoms with Crippen molar-refractivity contribution in [2.45, 2.75) is 24.7 Å². The van der Waals surface area contributed by atoms with Crippen molar-refractivity contribution in [2.75, 3.05) is 6.61 Å². The van der Waals surface area contributed by atoms with E-state index in [0.717, 1.165) is 0 Å². The van der Waals surface area contributed by atoms with Crippen molar-refractivity contribution in [1.82, 2.24) is 0 Å². The molecule has 0 aromatic carbocycles. The second-order valence-corrected chi connectivity index (χ2v) is 2.31. The Hall–Kier alpha value is -0.260. The van der Waals surface area contributed by atoms with Gasteiger partial charge in [-0.15, -0.1) is 0 Å². The average molecular weight is 154 g/mol. The number of aliphatic hydroxyl groups is 2. The number of rotatable bonds is 1. The molecule has 1 heterocycles. The van der Waals surface area contributed by atoms with Crippen LogP contribution in [0.15, 0.2) is 0 Å². The summed E-state index contributed by atoms with van der Waals surface area (Å²) in [6.07, 6.45) is -4.34. The number of aliphatic hydroxyl groups excluding tert-OH is 1. The molecule has 2 N–H and O–H groups in total. The fourth-order valence-electron chi connectivity index (χ4n) is 0.848. The average Bonchev–Trinajstić information content (AvgIpc) is 2.13. The van der Waals surface area contributed by atoms with Gasteiger partial charge in [-0.1, -0.05) is 0 Å². The van der Waals surface area contributed by atoms with E-state index in [0.29, 0.717) is 0 Å². The van der Waals surface area contributed by atoms with E-state index in [1.54, 1.807) is 0 Å². The molecule has 1 unspecified atom stereocenters. The van der Waals surface area contributed by atoms with Crippen LogP contribution in [0, 0.1) is 0 Å². The van der Waals surface area contributed by atoms with Crippen LogP contribution in [0.1, 0.15) is 6.42 Å². The van der Waals surface area contributed by atoms with Gasteiger partial charge >= 0.3 is 0 Å². The normalized spacial score (nSPS) is 41.1. The molecule has 0 bridgehead atoms. The first-order valence-corrected chi connectivity index (χ1v) is 2.87. The molecule has 10 heavy (non-hydrogen) atoms. The quantitative estimate of drug-likeness (QED) is 0.546. The van der Waals surface area contributed by atoms with Crippen molar-refractivity contribution in [3.05, 3.63) is 0 Å². The number of ether oxygens (including phenoxy) is 1. The molecule has 0 spiro atoms. The molecular formula is C5H8F2O3. The Morgan fingerprint density at radius 2 is 2.20 bits per heavy atom. The van der Waals surface area contributed by atoms with Crippen LogP contribution >= 0.6 is 0 Å². The van der Waals surface area contributed by atoms with Crippen molar-refractivity contribution in [3.63, 3.8) is 0 Å². The van der Waals surface area contributed by atoms with Gasteiger partial charge in [-0.2, -0.15) is 0 Å². The summed E-state index contributed by atoms with van der Waals surface area (Å²) in [6, 6.07) is 0. The molecule has 0 amide bonds. The fourth-order valence-corrected chi connectivity index (χ4v) is 0.848. The van der Waals surface area contributed by atoms with Gasteiger partial charge in [-0.3, -0.25) is 0 Å². The van der Waals surface area contributed by atoms with E-state index in [4.69, 9.17) is 10.2 Å². The van der Waals surface area contributed by atoms with Gasteiger partial charge in [0.1, 0.15) is 0 Å². The number of halogens is 2. The Morgan fingerprint density at radius 3 is 2.40 bits per heavy atom. The fraction of sp³-hybridized carbons (Fsp3) is 1.00. The zero-order valence-electron chi connectivity index (χ0n) is 5.13. The molecule has 1 aliphatic heterocycles. The van der Waals surface area contributed by atoms with Crippen LogP contribution in [-0.2, 0) is 4.74 Å². The summed E-state index contributed by atoms with van der Waals surface area (Å²) in [7, 11) is 0. The highest BCUT2D eigenvalue weighted by Gasteiger charge is 2.45. The highest BCUT2D eigenvalue weighted by atomic mass is 19.3. The van der Waals surface area contributed by atoms with E-state index in [2.05, 4.69) is 4.74 Å². The lowest BCUT2D eigenvalue weighted by Crippen LogP contribution is -2.36. The third kappa shape index (κ3) is 1.25. The third-order valence-corrected chi connectivity index (χ3v) is 1.39. The summed E-state index contributed by atoms with van der Waals surface area (Å²) < 4.78 is 27.9. The maximum absolute atomic E-state index is 11.8. The molecule has 1 aliphatic rings. The van der Waals surface area contributed by atoms with E-state index < -0.39 is 24.7 Å². The van der Waals surface area contributed by atoms with Gasteiger partial charge in [0, 0.05) is 6.42 Å². The van der Waals surface area contributed by atoms with Gasteiger partial charge in [0.2, 0.25) is 5.79 Å². The van der Waals surface area contributed by atoms with E-state index in [1.165, 1.54) is 0 Å². The van der Waals surface area contributed by atoms with Crippen molar-refractivity contribution in [1.29, 1.82) is 0 Å². The van der Waals surface area contributed by atoms with E-state index >= 15 is 0 Å². The lowest BCUT2D eigenvalue weighted by Gasteiger charge is -2.19. The molecule has 1 rings (SSSR count). The maximum Gasteiger partial charge on any atom is 0.291 e. The molecule has 60 valence electrons. The van der Waals surface area contributed by atoms with Crippen molar-refractivity contribution < 1.29 is 23.7 Å². The van der Waals surface area contributed by atoms with Crippen LogP contribution in [0.5, 0.6) is 0 Å². The van der Waals surface area contributed by atoms with Crippen LogP contribution in [0.4, 0.5) is 8.78 Å². The molecule has 0 aliphatic carbocycles. The van der Waals surface area contributed by atoms with Gasteiger partial charge in [-0.25, -0.2) is 8.78 Å². The minimum atomic E-state index is -2.95. The van der Waals surface area contributed by atoms with E-state index in [1.807, 2.05) is 0 Å². The van der Waals surface area contributed by atoms with Crippen LogP contribution in [0.25, 0.3) is 0 Å². The molecule has 0 radical (unpaired) electrons. The summed E-state index contributed by atoms with van der Waals surface area (Å²) in [5.74, 6) is -2.42. The minimum absolute atomic E-state index is 0.221. The largest absolute Gasteiger partial charge is 0.391 e. The maximum atomic E-state index is 11.8. The SMILES string of the molecule is O[C@H]1COC(O)(C(F)F)C1. The first kappa shape index (κ1) is 7.84. The monoisotopic (exact) mass is 154 g/mol. The Balaban J connectivity index is 2.54. The first-order valence-electron chi connectivity index (χ1n) is 2.87. The van der Waals surface area contributed by atoms with Gasteiger partial charge in [0.05, 0.1) is 12.7 Å². The summed E-state index contributed by atoms with van der Waals surface area (Å²) in [5, 5.41) is 17.5. The summed E-state index contributed by atoms with van der Waals surface area (Å²) in [5.41, 5.74) is 0. The lowest BCUT2D eigenvalue weighted by molar-refractivity contribution is -0.243. The van der Waals surface area contributed by atoms with Gasteiger partial charge < -0.3 is 14.9 Å². The van der Waals surface area contributed by atoms with Crippen LogP contribution in [0.3, 0.4) is 0 Å². The molecular weight excluding hydrogens is 146 g/mol. The standard InChI is InChI=1S/C5H8F2O3/c6-4(7)5(9)1-3(8)2-10-5/h3-4,8-9H,1-2H2/t3-,5?/m1/s1.